The van der Waals surface area contributed by atoms with E-state index in [0.29, 0.717) is 23.2 Å². The summed E-state index contributed by atoms with van der Waals surface area (Å²) >= 11 is 6.03. The maximum absolute atomic E-state index is 12.9. The molecule has 6 nitrogen and oxygen atoms in total. The van der Waals surface area contributed by atoms with E-state index in [4.69, 9.17) is 20.9 Å². The molecule has 0 radical (unpaired) electrons. The lowest BCUT2D eigenvalue weighted by atomic mass is 9.80. The van der Waals surface area contributed by atoms with Crippen molar-refractivity contribution < 1.29 is 14.1 Å². The average molecular weight is 362 g/mol. The number of benzene rings is 1. The van der Waals surface area contributed by atoms with Crippen LogP contribution >= 0.6 is 11.6 Å². The van der Waals surface area contributed by atoms with Crippen LogP contribution in [0.3, 0.4) is 0 Å². The van der Waals surface area contributed by atoms with Crippen molar-refractivity contribution in [2.45, 2.75) is 57.1 Å². The van der Waals surface area contributed by atoms with Gasteiger partial charge in [0.15, 0.2) is 11.9 Å². The smallest absolute Gasteiger partial charge is 0.262 e. The molecule has 25 heavy (non-hydrogen) atoms. The van der Waals surface area contributed by atoms with Crippen LogP contribution in [0.15, 0.2) is 22.7 Å². The van der Waals surface area contributed by atoms with Gasteiger partial charge >= 0.3 is 0 Å². The number of hydrogen-bond acceptors (Lipinski definition) is 5. The van der Waals surface area contributed by atoms with Gasteiger partial charge in [0.2, 0.25) is 5.89 Å². The molecule has 7 heteroatoms. The Morgan fingerprint density at radius 1 is 1.32 bits per heavy atom. The van der Waals surface area contributed by atoms with Crippen molar-refractivity contribution in [3.05, 3.63) is 40.5 Å². The molecule has 1 aliphatic heterocycles. The van der Waals surface area contributed by atoms with E-state index in [1.807, 2.05) is 12.1 Å². The molecule has 2 aromatic rings. The topological polar surface area (TPSA) is 77.2 Å². The molecule has 0 saturated heterocycles. The normalized spacial score (nSPS) is 21.4. The van der Waals surface area contributed by atoms with Gasteiger partial charge in [0.1, 0.15) is 11.3 Å². The van der Waals surface area contributed by atoms with Gasteiger partial charge in [-0.15, -0.1) is 0 Å². The van der Waals surface area contributed by atoms with Crippen LogP contribution in [0.25, 0.3) is 0 Å². The van der Waals surface area contributed by atoms with E-state index in [1.165, 1.54) is 0 Å². The number of aryl methyl sites for hydroxylation is 1. The van der Waals surface area contributed by atoms with E-state index < -0.39 is 11.6 Å². The first-order chi connectivity index (χ1) is 12.1. The Hall–Kier alpha value is -2.08. The Kier molecular flexibility index (Phi) is 4.15. The minimum Gasteiger partial charge on any atom is -0.480 e. The fraction of sp³-hybridized carbons (Fsp3) is 0.500. The van der Waals surface area contributed by atoms with Crippen LogP contribution in [0.5, 0.6) is 5.75 Å². The number of carbonyl (C=O) groups excluding carboxylic acids is 1. The molecule has 2 aliphatic rings. The van der Waals surface area contributed by atoms with E-state index in [9.17, 15) is 4.79 Å². The number of carbonyl (C=O) groups is 1. The van der Waals surface area contributed by atoms with Crippen LogP contribution in [0.4, 0.5) is 0 Å². The van der Waals surface area contributed by atoms with Gasteiger partial charge in [0, 0.05) is 18.4 Å². The maximum Gasteiger partial charge on any atom is 0.262 e. The Morgan fingerprint density at radius 3 is 2.84 bits per heavy atom. The minimum atomic E-state index is -0.567. The highest BCUT2D eigenvalue weighted by Crippen LogP contribution is 2.37. The molecule has 132 valence electrons. The zero-order valence-corrected chi connectivity index (χ0v) is 14.8. The summed E-state index contributed by atoms with van der Waals surface area (Å²) in [4.78, 5) is 17.3. The summed E-state index contributed by atoms with van der Waals surface area (Å²) in [7, 11) is 0. The zero-order chi connectivity index (χ0) is 17.4. The lowest BCUT2D eigenvalue weighted by molar-refractivity contribution is -0.130. The van der Waals surface area contributed by atoms with Gasteiger partial charge in [-0.25, -0.2) is 0 Å². The second kappa shape index (κ2) is 6.33. The van der Waals surface area contributed by atoms with E-state index >= 15 is 0 Å². The monoisotopic (exact) mass is 361 g/mol. The quantitative estimate of drug-likeness (QED) is 0.907. The molecule has 1 fully saturated rings. The van der Waals surface area contributed by atoms with Crippen molar-refractivity contribution in [3.8, 4) is 5.75 Å². The molecule has 1 unspecified atom stereocenters. The summed E-state index contributed by atoms with van der Waals surface area (Å²) in [5, 5.41) is 7.90. The number of fused-ring (bicyclic) bond motifs is 1. The van der Waals surface area contributed by atoms with Crippen LogP contribution in [0, 0.1) is 6.92 Å². The van der Waals surface area contributed by atoms with Crippen LogP contribution in [0.1, 0.15) is 49.4 Å². The molecule has 2 heterocycles. The van der Waals surface area contributed by atoms with Gasteiger partial charge in [0.25, 0.3) is 5.91 Å². The van der Waals surface area contributed by atoms with Crippen LogP contribution in [0.2, 0.25) is 5.02 Å². The SMILES string of the molecule is Cc1nc(C2(NC(=O)C3Cc4cc(Cl)ccc4O3)CCCCC2)no1. The molecule has 0 bridgehead atoms. The highest BCUT2D eigenvalue weighted by molar-refractivity contribution is 6.30. The third kappa shape index (κ3) is 3.11. The van der Waals surface area contributed by atoms with Crippen molar-refractivity contribution >= 4 is 17.5 Å². The van der Waals surface area contributed by atoms with Crippen molar-refractivity contribution in [2.75, 3.05) is 0 Å². The molecule has 1 atom stereocenters. The summed E-state index contributed by atoms with van der Waals surface area (Å²) < 4.78 is 11.0. The summed E-state index contributed by atoms with van der Waals surface area (Å²) in [5.74, 6) is 1.65. The summed E-state index contributed by atoms with van der Waals surface area (Å²) in [6.07, 6.45) is 4.78. The van der Waals surface area contributed by atoms with E-state index in [1.54, 1.807) is 13.0 Å². The molecule has 1 aromatic carbocycles. The van der Waals surface area contributed by atoms with Gasteiger partial charge in [-0.1, -0.05) is 36.0 Å². The minimum absolute atomic E-state index is 0.142. The molecule has 1 amide bonds. The number of rotatable bonds is 3. The van der Waals surface area contributed by atoms with Gasteiger partial charge < -0.3 is 14.6 Å². The average Bonchev–Trinajstić information content (AvgIpc) is 3.22. The molecule has 1 aliphatic carbocycles. The molecule has 1 saturated carbocycles. The summed E-state index contributed by atoms with van der Waals surface area (Å²) in [5.41, 5.74) is 0.392. The third-order valence-corrected chi connectivity index (χ3v) is 5.25. The van der Waals surface area contributed by atoms with Crippen LogP contribution in [-0.2, 0) is 16.8 Å². The highest BCUT2D eigenvalue weighted by atomic mass is 35.5. The van der Waals surface area contributed by atoms with E-state index in [0.717, 1.165) is 43.4 Å². The number of amides is 1. The third-order valence-electron chi connectivity index (χ3n) is 5.01. The fourth-order valence-electron chi connectivity index (χ4n) is 3.73. The molecule has 0 spiro atoms. The number of ether oxygens (including phenoxy) is 1. The molecule has 4 rings (SSSR count). The van der Waals surface area contributed by atoms with E-state index in [2.05, 4.69) is 15.5 Å². The maximum atomic E-state index is 12.9. The predicted octanol–water partition coefficient (Wildman–Crippen LogP) is 3.31. The number of nitrogens with zero attached hydrogens (tertiary/aromatic N) is 2. The van der Waals surface area contributed by atoms with Gasteiger partial charge in [-0.2, -0.15) is 4.98 Å². The summed E-state index contributed by atoms with van der Waals surface area (Å²) in [6.45, 7) is 1.76. The predicted molar refractivity (Wildman–Crippen MR) is 91.5 cm³/mol. The van der Waals surface area contributed by atoms with Gasteiger partial charge in [-0.3, -0.25) is 4.79 Å². The Bertz CT molecular complexity index is 799. The zero-order valence-electron chi connectivity index (χ0n) is 14.0. The lowest BCUT2D eigenvalue weighted by Crippen LogP contribution is -2.52. The van der Waals surface area contributed by atoms with Gasteiger partial charge in [-0.05, 0) is 36.6 Å². The van der Waals surface area contributed by atoms with Gasteiger partial charge in [0.05, 0.1) is 0 Å². The number of halogens is 1. The van der Waals surface area contributed by atoms with Crippen molar-refractivity contribution in [3.63, 3.8) is 0 Å². The second-order valence-electron chi connectivity index (χ2n) is 6.83. The van der Waals surface area contributed by atoms with Crippen LogP contribution < -0.4 is 10.1 Å². The number of aromatic nitrogens is 2. The molecular formula is C18H20ClN3O3. The standard InChI is InChI=1S/C18H20ClN3O3/c1-11-20-17(22-25-11)18(7-3-2-4-8-18)21-16(23)15-10-12-9-13(19)5-6-14(12)24-15/h5-6,9,15H,2-4,7-8,10H2,1H3,(H,21,23). The van der Waals surface area contributed by atoms with Crippen molar-refractivity contribution in [1.29, 1.82) is 0 Å². The van der Waals surface area contributed by atoms with E-state index in [-0.39, 0.29) is 5.91 Å². The number of hydrogen-bond donors (Lipinski definition) is 1. The first-order valence-electron chi connectivity index (χ1n) is 8.64. The largest absolute Gasteiger partial charge is 0.480 e. The highest BCUT2D eigenvalue weighted by Gasteiger charge is 2.42. The lowest BCUT2D eigenvalue weighted by Gasteiger charge is -2.35. The fourth-order valence-corrected chi connectivity index (χ4v) is 3.93. The Labute approximate surface area is 150 Å². The molecular weight excluding hydrogens is 342 g/mol. The first kappa shape index (κ1) is 16.4. The van der Waals surface area contributed by atoms with Crippen molar-refractivity contribution in [2.24, 2.45) is 0 Å². The first-order valence-corrected chi connectivity index (χ1v) is 9.01. The Balaban J connectivity index is 1.54. The second-order valence-corrected chi connectivity index (χ2v) is 7.27. The molecule has 1 N–H and O–H groups in total. The number of nitrogens with one attached hydrogen (secondary N) is 1. The van der Waals surface area contributed by atoms with Crippen LogP contribution in [-0.4, -0.2) is 22.2 Å². The van der Waals surface area contributed by atoms with Crippen molar-refractivity contribution in [1.82, 2.24) is 15.5 Å². The Morgan fingerprint density at radius 2 is 2.12 bits per heavy atom. The summed E-state index contributed by atoms with van der Waals surface area (Å²) in [6, 6.07) is 5.43. The molecule has 1 aromatic heterocycles.